The maximum atomic E-state index is 14.4. The topological polar surface area (TPSA) is 130 Å². The van der Waals surface area contributed by atoms with Crippen molar-refractivity contribution in [2.24, 2.45) is 11.1 Å². The second-order valence-corrected chi connectivity index (χ2v) is 11.0. The third kappa shape index (κ3) is 8.24. The van der Waals surface area contributed by atoms with Crippen molar-refractivity contribution in [3.63, 3.8) is 0 Å². The van der Waals surface area contributed by atoms with E-state index in [1.807, 2.05) is 30.3 Å². The van der Waals surface area contributed by atoms with Gasteiger partial charge in [0.15, 0.2) is 5.41 Å². The smallest absolute Gasteiger partial charge is 0.417 e. The average Bonchev–Trinajstić information content (AvgIpc) is 2.91. The highest BCUT2D eigenvalue weighted by Crippen LogP contribution is 2.34. The van der Waals surface area contributed by atoms with E-state index >= 15 is 0 Å². The molecule has 0 radical (unpaired) electrons. The van der Waals surface area contributed by atoms with Crippen LogP contribution in [0.15, 0.2) is 91.0 Å². The first-order chi connectivity index (χ1) is 18.9. The van der Waals surface area contributed by atoms with Crippen molar-refractivity contribution >= 4 is 18.0 Å². The van der Waals surface area contributed by atoms with Gasteiger partial charge in [0.25, 0.3) is 0 Å². The number of carboxylic acid groups (broad SMARTS) is 1. The first kappa shape index (κ1) is 30.5. The lowest BCUT2D eigenvalue weighted by Crippen LogP contribution is -2.55. The number of aliphatic hydroxyl groups is 1. The van der Waals surface area contributed by atoms with Gasteiger partial charge in [0.1, 0.15) is 5.60 Å². The molecule has 40 heavy (non-hydrogen) atoms. The Balaban J connectivity index is 2.04. The standard InChI is InChI=1S/C32H38N2O6/c1-31(2,3)40-30(39)34(22-25-17-11-6-12-18-25)28(36)32(29(37)38,20-24-15-9-5-10-16-24)21-27(35)26(33)19-23-13-7-4-8-14-23/h4-18,26-27,35H,19-22,33H2,1-3H3,(H,37,38)/t26-,27-,32+/m0/s1. The molecule has 8 heteroatoms. The summed E-state index contributed by atoms with van der Waals surface area (Å²) < 4.78 is 5.54. The van der Waals surface area contributed by atoms with E-state index in [9.17, 15) is 24.6 Å². The van der Waals surface area contributed by atoms with Crippen molar-refractivity contribution in [1.29, 1.82) is 0 Å². The molecule has 0 spiro atoms. The molecule has 0 saturated heterocycles. The molecule has 212 valence electrons. The number of imide groups is 1. The van der Waals surface area contributed by atoms with Gasteiger partial charge in [-0.15, -0.1) is 0 Å². The van der Waals surface area contributed by atoms with Crippen LogP contribution in [-0.2, 0) is 33.7 Å². The van der Waals surface area contributed by atoms with Crippen molar-refractivity contribution in [3.05, 3.63) is 108 Å². The average molecular weight is 547 g/mol. The number of aliphatic carboxylic acids is 1. The Labute approximate surface area is 235 Å². The van der Waals surface area contributed by atoms with Crippen LogP contribution in [0.1, 0.15) is 43.9 Å². The molecule has 0 aliphatic heterocycles. The third-order valence-corrected chi connectivity index (χ3v) is 6.58. The highest BCUT2D eigenvalue weighted by Gasteiger charge is 2.52. The number of carbonyl (C=O) groups excluding carboxylic acids is 2. The molecular weight excluding hydrogens is 508 g/mol. The lowest BCUT2D eigenvalue weighted by Gasteiger charge is -2.36. The van der Waals surface area contributed by atoms with Crippen LogP contribution in [0.5, 0.6) is 0 Å². The first-order valence-corrected chi connectivity index (χ1v) is 13.2. The van der Waals surface area contributed by atoms with E-state index in [0.717, 1.165) is 10.5 Å². The number of carboxylic acids is 1. The van der Waals surface area contributed by atoms with Gasteiger partial charge in [-0.25, -0.2) is 9.69 Å². The SMILES string of the molecule is CC(C)(C)OC(=O)N(Cc1ccccc1)C(=O)[C@@](Cc1ccccc1)(C[C@H](O)[C@@H](N)Cc1ccccc1)C(=O)O. The Morgan fingerprint density at radius 1 is 0.825 bits per heavy atom. The monoisotopic (exact) mass is 546 g/mol. The molecule has 8 nitrogen and oxygen atoms in total. The number of nitrogens with two attached hydrogens (primary N) is 1. The Hall–Kier alpha value is -4.01. The minimum Gasteiger partial charge on any atom is -0.480 e. The van der Waals surface area contributed by atoms with Crippen LogP contribution >= 0.6 is 0 Å². The van der Waals surface area contributed by atoms with Crippen LogP contribution in [0, 0.1) is 5.41 Å². The van der Waals surface area contributed by atoms with Crippen LogP contribution in [0.3, 0.4) is 0 Å². The van der Waals surface area contributed by atoms with Crippen molar-refractivity contribution in [2.45, 2.75) is 64.3 Å². The normalized spacial score (nSPS) is 14.4. The first-order valence-electron chi connectivity index (χ1n) is 13.2. The Kier molecular flexibility index (Phi) is 10.2. The van der Waals surface area contributed by atoms with Crippen molar-refractivity contribution in [2.75, 3.05) is 0 Å². The van der Waals surface area contributed by atoms with Crippen LogP contribution in [0.2, 0.25) is 0 Å². The fourth-order valence-corrected chi connectivity index (χ4v) is 4.53. The number of benzene rings is 3. The van der Waals surface area contributed by atoms with Crippen LogP contribution in [-0.4, -0.2) is 50.8 Å². The van der Waals surface area contributed by atoms with Crippen LogP contribution in [0.4, 0.5) is 4.79 Å². The lowest BCUT2D eigenvalue weighted by atomic mass is 9.74. The second-order valence-electron chi connectivity index (χ2n) is 11.0. The molecule has 0 fully saturated rings. The predicted molar refractivity (Wildman–Crippen MR) is 152 cm³/mol. The molecule has 2 amide bonds. The zero-order chi connectivity index (χ0) is 29.3. The zero-order valence-corrected chi connectivity index (χ0v) is 23.2. The molecule has 0 heterocycles. The van der Waals surface area contributed by atoms with Gasteiger partial charge in [-0.3, -0.25) is 9.59 Å². The minimum absolute atomic E-state index is 0.204. The number of nitrogens with zero attached hydrogens (tertiary/aromatic N) is 1. The summed E-state index contributed by atoms with van der Waals surface area (Å²) in [7, 11) is 0. The quantitative estimate of drug-likeness (QED) is 0.300. The Bertz CT molecular complexity index is 1260. The van der Waals surface area contributed by atoms with Crippen LogP contribution < -0.4 is 5.73 Å². The van der Waals surface area contributed by atoms with E-state index in [4.69, 9.17) is 10.5 Å². The summed E-state index contributed by atoms with van der Waals surface area (Å²) in [5, 5.41) is 21.9. The van der Waals surface area contributed by atoms with Gasteiger partial charge in [0, 0.05) is 12.5 Å². The van der Waals surface area contributed by atoms with Crippen LogP contribution in [0.25, 0.3) is 0 Å². The fraction of sp³-hybridized carbons (Fsp3) is 0.344. The lowest BCUT2D eigenvalue weighted by molar-refractivity contribution is -0.163. The van der Waals surface area contributed by atoms with E-state index in [1.54, 1.807) is 81.4 Å². The molecule has 4 N–H and O–H groups in total. The van der Waals surface area contributed by atoms with Crippen molar-refractivity contribution < 1.29 is 29.3 Å². The summed E-state index contributed by atoms with van der Waals surface area (Å²) >= 11 is 0. The summed E-state index contributed by atoms with van der Waals surface area (Å²) in [4.78, 5) is 41.7. The number of hydrogen-bond acceptors (Lipinski definition) is 6. The van der Waals surface area contributed by atoms with E-state index in [1.165, 1.54) is 0 Å². The molecule has 0 bridgehead atoms. The Morgan fingerprint density at radius 3 is 1.77 bits per heavy atom. The molecule has 0 saturated carbocycles. The summed E-state index contributed by atoms with van der Waals surface area (Å²) in [5.41, 5.74) is 5.23. The van der Waals surface area contributed by atoms with E-state index in [0.29, 0.717) is 11.1 Å². The largest absolute Gasteiger partial charge is 0.480 e. The highest BCUT2D eigenvalue weighted by molar-refractivity contribution is 6.07. The summed E-state index contributed by atoms with van der Waals surface area (Å²) in [6.07, 6.45) is -2.82. The Morgan fingerprint density at radius 2 is 1.30 bits per heavy atom. The number of hydrogen-bond donors (Lipinski definition) is 3. The summed E-state index contributed by atoms with van der Waals surface area (Å²) in [6.45, 7) is 4.79. The van der Waals surface area contributed by atoms with Gasteiger partial charge in [-0.1, -0.05) is 91.0 Å². The minimum atomic E-state index is -2.21. The number of ether oxygens (including phenoxy) is 1. The molecule has 3 aromatic rings. The maximum absolute atomic E-state index is 14.4. The van der Waals surface area contributed by atoms with Crippen molar-refractivity contribution in [1.82, 2.24) is 4.90 Å². The van der Waals surface area contributed by atoms with Crippen molar-refractivity contribution in [3.8, 4) is 0 Å². The van der Waals surface area contributed by atoms with Gasteiger partial charge in [-0.2, -0.15) is 0 Å². The molecule has 0 unspecified atom stereocenters. The predicted octanol–water partition coefficient (Wildman–Crippen LogP) is 4.59. The van der Waals surface area contributed by atoms with E-state index in [2.05, 4.69) is 0 Å². The number of aliphatic hydroxyl groups excluding tert-OH is 1. The number of carbonyl (C=O) groups is 3. The number of amides is 2. The number of rotatable bonds is 11. The molecule has 3 rings (SSSR count). The zero-order valence-electron chi connectivity index (χ0n) is 23.2. The second kappa shape index (κ2) is 13.4. The molecular formula is C32H38N2O6. The van der Waals surface area contributed by atoms with E-state index < -0.39 is 47.6 Å². The highest BCUT2D eigenvalue weighted by atomic mass is 16.6. The molecule has 0 aliphatic carbocycles. The van der Waals surface area contributed by atoms with E-state index in [-0.39, 0.29) is 19.4 Å². The molecule has 0 aliphatic rings. The summed E-state index contributed by atoms with van der Waals surface area (Å²) in [6, 6.07) is 25.8. The molecule has 3 atom stereocenters. The van der Waals surface area contributed by atoms with Gasteiger partial charge < -0.3 is 20.7 Å². The fourth-order valence-electron chi connectivity index (χ4n) is 4.53. The molecule has 0 aromatic heterocycles. The summed E-state index contributed by atoms with van der Waals surface area (Å²) in [5.74, 6) is -2.44. The van der Waals surface area contributed by atoms with Gasteiger partial charge >= 0.3 is 12.1 Å². The van der Waals surface area contributed by atoms with Gasteiger partial charge in [0.2, 0.25) is 5.91 Å². The van der Waals surface area contributed by atoms with Gasteiger partial charge in [0.05, 0.1) is 12.6 Å². The molecule has 3 aromatic carbocycles. The maximum Gasteiger partial charge on any atom is 0.417 e. The van der Waals surface area contributed by atoms with Gasteiger partial charge in [-0.05, 0) is 50.3 Å². The third-order valence-electron chi connectivity index (χ3n) is 6.58.